The highest BCUT2D eigenvalue weighted by Gasteiger charge is 2.39. The standard InChI is InChI=1S/C16H16N2O4/c1-21-12-6-4-11(5-7-12)18-15(19)9-14(16(18)20)17-10-13-3-2-8-22-13/h2-8,14,17H,9-10H2,1H3. The maximum Gasteiger partial charge on any atom is 0.251 e. The fourth-order valence-corrected chi connectivity index (χ4v) is 2.43. The van der Waals surface area contributed by atoms with Crippen molar-refractivity contribution in [1.82, 2.24) is 5.32 Å². The van der Waals surface area contributed by atoms with E-state index < -0.39 is 6.04 Å². The molecular formula is C16H16N2O4. The Balaban J connectivity index is 1.70. The number of imide groups is 1. The molecule has 6 heteroatoms. The lowest BCUT2D eigenvalue weighted by Crippen LogP contribution is -2.38. The van der Waals surface area contributed by atoms with Gasteiger partial charge in [-0.3, -0.25) is 14.9 Å². The third-order valence-corrected chi connectivity index (χ3v) is 3.58. The smallest absolute Gasteiger partial charge is 0.251 e. The molecule has 1 aliphatic rings. The molecule has 1 saturated heterocycles. The fraction of sp³-hybridized carbons (Fsp3) is 0.250. The van der Waals surface area contributed by atoms with Crippen molar-refractivity contribution in [3.63, 3.8) is 0 Å². The van der Waals surface area contributed by atoms with Crippen molar-refractivity contribution in [2.24, 2.45) is 0 Å². The van der Waals surface area contributed by atoms with Crippen molar-refractivity contribution in [3.05, 3.63) is 48.4 Å². The van der Waals surface area contributed by atoms with Crippen LogP contribution in [0.15, 0.2) is 47.1 Å². The summed E-state index contributed by atoms with van der Waals surface area (Å²) in [5, 5.41) is 3.06. The number of hydrogen-bond acceptors (Lipinski definition) is 5. The van der Waals surface area contributed by atoms with Gasteiger partial charge in [0.05, 0.1) is 38.1 Å². The lowest BCUT2D eigenvalue weighted by atomic mass is 10.2. The summed E-state index contributed by atoms with van der Waals surface area (Å²) < 4.78 is 10.3. The summed E-state index contributed by atoms with van der Waals surface area (Å²) in [6, 6.07) is 9.91. The second kappa shape index (κ2) is 6.03. The van der Waals surface area contributed by atoms with Crippen molar-refractivity contribution >= 4 is 17.5 Å². The van der Waals surface area contributed by atoms with Gasteiger partial charge in [-0.15, -0.1) is 0 Å². The van der Waals surface area contributed by atoms with Crippen LogP contribution in [0, 0.1) is 0 Å². The van der Waals surface area contributed by atoms with E-state index in [9.17, 15) is 9.59 Å². The van der Waals surface area contributed by atoms with Gasteiger partial charge in [-0.25, -0.2) is 4.90 Å². The molecule has 1 fully saturated rings. The molecule has 0 saturated carbocycles. The summed E-state index contributed by atoms with van der Waals surface area (Å²) in [6.07, 6.45) is 1.72. The predicted molar refractivity (Wildman–Crippen MR) is 79.4 cm³/mol. The van der Waals surface area contributed by atoms with Crippen molar-refractivity contribution in [2.45, 2.75) is 19.0 Å². The summed E-state index contributed by atoms with van der Waals surface area (Å²) in [6.45, 7) is 0.410. The van der Waals surface area contributed by atoms with Gasteiger partial charge in [0.1, 0.15) is 11.5 Å². The predicted octanol–water partition coefficient (Wildman–Crippen LogP) is 1.71. The maximum absolute atomic E-state index is 12.4. The number of rotatable bonds is 5. The molecule has 3 rings (SSSR count). The molecule has 0 spiro atoms. The van der Waals surface area contributed by atoms with Crippen molar-refractivity contribution in [2.75, 3.05) is 12.0 Å². The van der Waals surface area contributed by atoms with Crippen molar-refractivity contribution in [1.29, 1.82) is 0 Å². The number of benzene rings is 1. The van der Waals surface area contributed by atoms with E-state index >= 15 is 0 Å². The van der Waals surface area contributed by atoms with Gasteiger partial charge >= 0.3 is 0 Å². The first-order chi connectivity index (χ1) is 10.7. The van der Waals surface area contributed by atoms with Gasteiger partial charge < -0.3 is 9.15 Å². The number of carbonyl (C=O) groups is 2. The van der Waals surface area contributed by atoms with Gasteiger partial charge in [0.15, 0.2) is 0 Å². The van der Waals surface area contributed by atoms with Crippen LogP contribution in [0.25, 0.3) is 0 Å². The molecule has 0 bridgehead atoms. The van der Waals surface area contributed by atoms with Gasteiger partial charge in [-0.2, -0.15) is 0 Å². The minimum Gasteiger partial charge on any atom is -0.497 e. The van der Waals surface area contributed by atoms with Gasteiger partial charge in [-0.1, -0.05) is 0 Å². The normalized spacial score (nSPS) is 18.0. The van der Waals surface area contributed by atoms with E-state index in [2.05, 4.69) is 5.32 Å². The molecule has 2 amide bonds. The van der Waals surface area contributed by atoms with Gasteiger partial charge in [0.2, 0.25) is 5.91 Å². The molecule has 1 N–H and O–H groups in total. The van der Waals surface area contributed by atoms with E-state index in [0.717, 1.165) is 5.76 Å². The third kappa shape index (κ3) is 2.73. The Morgan fingerprint density at radius 2 is 2.05 bits per heavy atom. The highest BCUT2D eigenvalue weighted by Crippen LogP contribution is 2.25. The largest absolute Gasteiger partial charge is 0.497 e. The number of anilines is 1. The monoisotopic (exact) mass is 300 g/mol. The zero-order valence-electron chi connectivity index (χ0n) is 12.1. The highest BCUT2D eigenvalue weighted by atomic mass is 16.5. The molecule has 1 aromatic heterocycles. The number of carbonyl (C=O) groups excluding carboxylic acids is 2. The number of furan rings is 1. The number of ether oxygens (including phenoxy) is 1. The molecule has 6 nitrogen and oxygen atoms in total. The van der Waals surface area contributed by atoms with Gasteiger partial charge in [-0.05, 0) is 36.4 Å². The molecule has 1 atom stereocenters. The first kappa shape index (κ1) is 14.3. The third-order valence-electron chi connectivity index (χ3n) is 3.58. The molecule has 1 aliphatic heterocycles. The van der Waals surface area contributed by atoms with Gasteiger partial charge in [0.25, 0.3) is 5.91 Å². The molecule has 2 aromatic rings. The Morgan fingerprint density at radius 3 is 2.68 bits per heavy atom. The van der Waals surface area contributed by atoms with Crippen molar-refractivity contribution < 1.29 is 18.7 Å². The summed E-state index contributed by atoms with van der Waals surface area (Å²) in [5.74, 6) is 0.937. The SMILES string of the molecule is COc1ccc(N2C(=O)CC(NCc3ccco3)C2=O)cc1. The van der Waals surface area contributed by atoms with E-state index in [1.54, 1.807) is 43.7 Å². The van der Waals surface area contributed by atoms with Crippen molar-refractivity contribution in [3.8, 4) is 5.75 Å². The Hall–Kier alpha value is -2.60. The Labute approximate surface area is 127 Å². The fourth-order valence-electron chi connectivity index (χ4n) is 2.43. The zero-order chi connectivity index (χ0) is 15.5. The molecular weight excluding hydrogens is 284 g/mol. The Morgan fingerprint density at radius 1 is 1.27 bits per heavy atom. The average Bonchev–Trinajstić information content (AvgIpc) is 3.14. The molecule has 0 aliphatic carbocycles. The van der Waals surface area contributed by atoms with Crippen LogP contribution >= 0.6 is 0 Å². The lowest BCUT2D eigenvalue weighted by molar-refractivity contribution is -0.121. The number of nitrogens with zero attached hydrogens (tertiary/aromatic N) is 1. The summed E-state index contributed by atoms with van der Waals surface area (Å²) in [4.78, 5) is 25.7. The van der Waals surface area contributed by atoms with Crippen LogP contribution in [0.2, 0.25) is 0 Å². The molecule has 114 valence electrons. The van der Waals surface area contributed by atoms with Crippen LogP contribution < -0.4 is 15.0 Å². The van der Waals surface area contributed by atoms with Crippen LogP contribution in [0.4, 0.5) is 5.69 Å². The first-order valence-electron chi connectivity index (χ1n) is 6.95. The second-order valence-corrected chi connectivity index (χ2v) is 4.98. The van der Waals surface area contributed by atoms with E-state index in [1.165, 1.54) is 4.90 Å². The van der Waals surface area contributed by atoms with E-state index in [0.29, 0.717) is 18.0 Å². The van der Waals surface area contributed by atoms with E-state index in [-0.39, 0.29) is 18.2 Å². The van der Waals surface area contributed by atoms with E-state index in [4.69, 9.17) is 9.15 Å². The topological polar surface area (TPSA) is 71.8 Å². The van der Waals surface area contributed by atoms with Crippen LogP contribution in [0.5, 0.6) is 5.75 Å². The number of nitrogens with one attached hydrogen (secondary N) is 1. The number of methoxy groups -OCH3 is 1. The number of hydrogen-bond donors (Lipinski definition) is 1. The maximum atomic E-state index is 12.4. The van der Waals surface area contributed by atoms with Gasteiger partial charge in [0, 0.05) is 0 Å². The number of amides is 2. The lowest BCUT2D eigenvalue weighted by Gasteiger charge is -2.15. The van der Waals surface area contributed by atoms with Crippen LogP contribution in [-0.2, 0) is 16.1 Å². The molecule has 1 aromatic carbocycles. The quantitative estimate of drug-likeness (QED) is 0.851. The zero-order valence-corrected chi connectivity index (χ0v) is 12.1. The van der Waals surface area contributed by atoms with E-state index in [1.807, 2.05) is 6.07 Å². The average molecular weight is 300 g/mol. The minimum atomic E-state index is -0.528. The second-order valence-electron chi connectivity index (χ2n) is 4.98. The Bertz CT molecular complexity index is 664. The summed E-state index contributed by atoms with van der Waals surface area (Å²) in [7, 11) is 1.57. The highest BCUT2D eigenvalue weighted by molar-refractivity contribution is 6.22. The summed E-state index contributed by atoms with van der Waals surface area (Å²) in [5.41, 5.74) is 0.554. The Kier molecular flexibility index (Phi) is 3.93. The molecule has 2 heterocycles. The summed E-state index contributed by atoms with van der Waals surface area (Å²) >= 11 is 0. The molecule has 1 unspecified atom stereocenters. The first-order valence-corrected chi connectivity index (χ1v) is 6.95. The molecule has 0 radical (unpaired) electrons. The minimum absolute atomic E-state index is 0.144. The van der Waals surface area contributed by atoms with Crippen LogP contribution in [0.1, 0.15) is 12.2 Å². The van der Waals surface area contributed by atoms with Crippen LogP contribution in [-0.4, -0.2) is 25.0 Å². The molecule has 22 heavy (non-hydrogen) atoms. The van der Waals surface area contributed by atoms with Crippen LogP contribution in [0.3, 0.4) is 0 Å².